The number of piperazine rings is 1. The lowest BCUT2D eigenvalue weighted by Gasteiger charge is -2.43. The Labute approximate surface area is 110 Å². The Kier molecular flexibility index (Phi) is 3.85. The van der Waals surface area contributed by atoms with Crippen molar-refractivity contribution < 1.29 is 4.79 Å². The number of carbonyl (C=O) groups excluding carboxylic acids is 1. The van der Waals surface area contributed by atoms with E-state index in [0.29, 0.717) is 5.91 Å². The van der Waals surface area contributed by atoms with Crippen molar-refractivity contribution >= 4 is 5.91 Å². The summed E-state index contributed by atoms with van der Waals surface area (Å²) < 4.78 is 0. The fourth-order valence-corrected chi connectivity index (χ4v) is 3.38. The van der Waals surface area contributed by atoms with Crippen molar-refractivity contribution in [1.82, 2.24) is 15.1 Å². The summed E-state index contributed by atoms with van der Waals surface area (Å²) in [5, 5.41) is 3.34. The first-order valence-electron chi connectivity index (χ1n) is 7.58. The molecule has 0 aromatic carbocycles. The van der Waals surface area contributed by atoms with Gasteiger partial charge in [-0.25, -0.2) is 0 Å². The van der Waals surface area contributed by atoms with Gasteiger partial charge in [-0.2, -0.15) is 0 Å². The van der Waals surface area contributed by atoms with Gasteiger partial charge in [0.05, 0.1) is 5.92 Å². The van der Waals surface area contributed by atoms with Gasteiger partial charge < -0.3 is 10.2 Å². The predicted octanol–water partition coefficient (Wildman–Crippen LogP) is 0.683. The maximum Gasteiger partial charge on any atom is 0.227 e. The fraction of sp³-hybridized carbons (Fsp3) is 0.929. The summed E-state index contributed by atoms with van der Waals surface area (Å²) in [5.41, 5.74) is 0. The van der Waals surface area contributed by atoms with E-state index in [1.54, 1.807) is 0 Å². The number of nitrogens with zero attached hydrogens (tertiary/aromatic N) is 2. The number of rotatable bonds is 2. The monoisotopic (exact) mass is 251 g/mol. The lowest BCUT2D eigenvalue weighted by atomic mass is 9.91. The smallest absolute Gasteiger partial charge is 0.227 e. The van der Waals surface area contributed by atoms with Gasteiger partial charge >= 0.3 is 0 Å². The molecule has 4 heteroatoms. The second-order valence-corrected chi connectivity index (χ2v) is 5.99. The van der Waals surface area contributed by atoms with Crippen LogP contribution in [-0.2, 0) is 4.79 Å². The molecule has 1 saturated carbocycles. The quantitative estimate of drug-likeness (QED) is 0.784. The number of piperidine rings is 1. The first kappa shape index (κ1) is 12.4. The molecular formula is C14H25N3O. The van der Waals surface area contributed by atoms with E-state index in [1.807, 2.05) is 0 Å². The number of amides is 1. The molecule has 102 valence electrons. The summed E-state index contributed by atoms with van der Waals surface area (Å²) in [4.78, 5) is 17.1. The zero-order valence-corrected chi connectivity index (χ0v) is 11.2. The number of hydrogen-bond donors (Lipinski definition) is 1. The Bertz CT molecular complexity index is 289. The lowest BCUT2D eigenvalue weighted by Crippen LogP contribution is -2.55. The third-order valence-corrected chi connectivity index (χ3v) is 4.86. The molecule has 0 spiro atoms. The summed E-state index contributed by atoms with van der Waals surface area (Å²) in [6.45, 7) is 6.06. The van der Waals surface area contributed by atoms with Crippen molar-refractivity contribution in [2.45, 2.75) is 38.1 Å². The molecule has 0 aromatic rings. The van der Waals surface area contributed by atoms with Crippen LogP contribution in [0.1, 0.15) is 32.1 Å². The topological polar surface area (TPSA) is 35.6 Å². The predicted molar refractivity (Wildman–Crippen MR) is 71.4 cm³/mol. The Hall–Kier alpha value is -0.610. The summed E-state index contributed by atoms with van der Waals surface area (Å²) in [7, 11) is 0. The Balaban J connectivity index is 1.47. The number of carbonyl (C=O) groups is 1. The number of hydrogen-bond acceptors (Lipinski definition) is 3. The molecule has 0 radical (unpaired) electrons. The molecule has 2 aliphatic heterocycles. The van der Waals surface area contributed by atoms with Gasteiger partial charge in [-0.3, -0.25) is 9.69 Å². The first-order valence-corrected chi connectivity index (χ1v) is 7.58. The van der Waals surface area contributed by atoms with Crippen molar-refractivity contribution in [3.63, 3.8) is 0 Å². The molecule has 18 heavy (non-hydrogen) atoms. The van der Waals surface area contributed by atoms with Crippen LogP contribution in [0, 0.1) is 5.92 Å². The van der Waals surface area contributed by atoms with Crippen LogP contribution in [0.3, 0.4) is 0 Å². The average molecular weight is 251 g/mol. The molecular weight excluding hydrogens is 226 g/mol. The normalized spacial score (nSPS) is 31.1. The first-order chi connectivity index (χ1) is 8.84. The summed E-state index contributed by atoms with van der Waals surface area (Å²) in [6, 6.07) is 0.832. The van der Waals surface area contributed by atoms with Crippen LogP contribution in [0.2, 0.25) is 0 Å². The SMILES string of the molecule is O=C([C@@H]1CCCNC1)N1CCN(C2CCC2)CC1. The van der Waals surface area contributed by atoms with Gasteiger partial charge in [0.15, 0.2) is 0 Å². The van der Waals surface area contributed by atoms with Crippen molar-refractivity contribution in [3.05, 3.63) is 0 Å². The molecule has 1 N–H and O–H groups in total. The minimum absolute atomic E-state index is 0.244. The van der Waals surface area contributed by atoms with E-state index in [9.17, 15) is 4.79 Å². The highest BCUT2D eigenvalue weighted by atomic mass is 16.2. The zero-order valence-electron chi connectivity index (χ0n) is 11.2. The highest BCUT2D eigenvalue weighted by Gasteiger charge is 2.31. The van der Waals surface area contributed by atoms with Crippen molar-refractivity contribution in [2.24, 2.45) is 5.92 Å². The summed E-state index contributed by atoms with van der Waals surface area (Å²) in [5.74, 6) is 0.643. The van der Waals surface area contributed by atoms with E-state index in [2.05, 4.69) is 15.1 Å². The highest BCUT2D eigenvalue weighted by Crippen LogP contribution is 2.26. The lowest BCUT2D eigenvalue weighted by molar-refractivity contribution is -0.138. The van der Waals surface area contributed by atoms with Crippen LogP contribution in [0.4, 0.5) is 0 Å². The molecule has 3 fully saturated rings. The molecule has 1 aliphatic carbocycles. The van der Waals surface area contributed by atoms with E-state index in [1.165, 1.54) is 19.3 Å². The van der Waals surface area contributed by atoms with E-state index in [4.69, 9.17) is 0 Å². The third-order valence-electron chi connectivity index (χ3n) is 4.86. The van der Waals surface area contributed by atoms with E-state index >= 15 is 0 Å². The van der Waals surface area contributed by atoms with Crippen LogP contribution >= 0.6 is 0 Å². The second kappa shape index (κ2) is 5.57. The Morgan fingerprint density at radius 3 is 2.33 bits per heavy atom. The van der Waals surface area contributed by atoms with Gasteiger partial charge in [-0.15, -0.1) is 0 Å². The standard InChI is InChI=1S/C14H25N3O/c18-14(12-3-2-6-15-11-12)17-9-7-16(8-10-17)13-4-1-5-13/h12-13,15H,1-11H2/t12-/m1/s1. The minimum atomic E-state index is 0.244. The largest absolute Gasteiger partial charge is 0.340 e. The van der Waals surface area contributed by atoms with Crippen molar-refractivity contribution in [1.29, 1.82) is 0 Å². The molecule has 0 aromatic heterocycles. The van der Waals surface area contributed by atoms with Crippen LogP contribution in [-0.4, -0.2) is 61.0 Å². The Morgan fingerprint density at radius 1 is 1.00 bits per heavy atom. The molecule has 2 heterocycles. The zero-order chi connectivity index (χ0) is 12.4. The number of nitrogens with one attached hydrogen (secondary N) is 1. The van der Waals surface area contributed by atoms with Crippen LogP contribution in [0.5, 0.6) is 0 Å². The fourth-order valence-electron chi connectivity index (χ4n) is 3.38. The highest BCUT2D eigenvalue weighted by molar-refractivity contribution is 5.79. The van der Waals surface area contributed by atoms with Gasteiger partial charge in [0.1, 0.15) is 0 Å². The maximum absolute atomic E-state index is 12.4. The van der Waals surface area contributed by atoms with Crippen LogP contribution in [0.15, 0.2) is 0 Å². The van der Waals surface area contributed by atoms with E-state index in [-0.39, 0.29) is 5.92 Å². The molecule has 3 aliphatic rings. The second-order valence-electron chi connectivity index (χ2n) is 5.99. The molecule has 1 amide bonds. The molecule has 2 saturated heterocycles. The van der Waals surface area contributed by atoms with Crippen LogP contribution < -0.4 is 5.32 Å². The van der Waals surface area contributed by atoms with Gasteiger partial charge in [0.25, 0.3) is 0 Å². The van der Waals surface area contributed by atoms with Crippen molar-refractivity contribution in [2.75, 3.05) is 39.3 Å². The molecule has 3 rings (SSSR count). The molecule has 4 nitrogen and oxygen atoms in total. The molecule has 0 bridgehead atoms. The molecule has 1 atom stereocenters. The van der Waals surface area contributed by atoms with E-state index in [0.717, 1.165) is 58.2 Å². The minimum Gasteiger partial charge on any atom is -0.340 e. The van der Waals surface area contributed by atoms with Crippen molar-refractivity contribution in [3.8, 4) is 0 Å². The van der Waals surface area contributed by atoms with E-state index < -0.39 is 0 Å². The summed E-state index contributed by atoms with van der Waals surface area (Å²) >= 11 is 0. The van der Waals surface area contributed by atoms with Gasteiger partial charge in [-0.1, -0.05) is 6.42 Å². The maximum atomic E-state index is 12.4. The third kappa shape index (κ3) is 2.54. The van der Waals surface area contributed by atoms with Gasteiger partial charge in [-0.05, 0) is 32.2 Å². The Morgan fingerprint density at radius 2 is 1.78 bits per heavy atom. The summed E-state index contributed by atoms with van der Waals surface area (Å²) in [6.07, 6.45) is 6.38. The van der Waals surface area contributed by atoms with Gasteiger partial charge in [0.2, 0.25) is 5.91 Å². The molecule has 0 unspecified atom stereocenters. The van der Waals surface area contributed by atoms with Crippen LogP contribution in [0.25, 0.3) is 0 Å². The van der Waals surface area contributed by atoms with Gasteiger partial charge in [0, 0.05) is 38.8 Å². The average Bonchev–Trinajstić information content (AvgIpc) is 2.38.